The van der Waals surface area contributed by atoms with Gasteiger partial charge in [-0.1, -0.05) is 12.5 Å². The van der Waals surface area contributed by atoms with Crippen LogP contribution in [0.2, 0.25) is 0 Å². The number of amides is 1. The maximum absolute atomic E-state index is 12.9. The van der Waals surface area contributed by atoms with E-state index in [1.165, 1.54) is 4.31 Å². The van der Waals surface area contributed by atoms with E-state index in [1.807, 2.05) is 18.2 Å². The fourth-order valence-corrected chi connectivity index (χ4v) is 5.68. The summed E-state index contributed by atoms with van der Waals surface area (Å²) in [5, 5.41) is 0. The number of hydrogen-bond acceptors (Lipinski definition) is 5. The zero-order valence-electron chi connectivity index (χ0n) is 14.7. The van der Waals surface area contributed by atoms with Crippen LogP contribution in [-0.2, 0) is 21.4 Å². The van der Waals surface area contributed by atoms with Gasteiger partial charge in [-0.2, -0.15) is 17.0 Å². The Bertz CT molecular complexity index is 751. The number of nitrogens with zero attached hydrogens (tertiary/aromatic N) is 4. The smallest absolute Gasteiger partial charge is 0.410 e. The monoisotopic (exact) mass is 380 g/mol. The van der Waals surface area contributed by atoms with Crippen LogP contribution in [0, 0.1) is 0 Å². The van der Waals surface area contributed by atoms with Crippen LogP contribution in [0.1, 0.15) is 25.0 Å². The van der Waals surface area contributed by atoms with Gasteiger partial charge < -0.3 is 4.74 Å². The summed E-state index contributed by atoms with van der Waals surface area (Å²) in [6.45, 7) is 2.19. The Balaban J connectivity index is 1.42. The van der Waals surface area contributed by atoms with E-state index in [-0.39, 0.29) is 24.8 Å². The lowest BCUT2D eigenvalue weighted by Crippen LogP contribution is -2.47. The van der Waals surface area contributed by atoms with E-state index in [1.54, 1.807) is 15.4 Å². The molecule has 3 saturated heterocycles. The number of piperidine rings is 1. The third-order valence-electron chi connectivity index (χ3n) is 5.39. The molecule has 0 radical (unpaired) electrons. The van der Waals surface area contributed by atoms with Crippen LogP contribution >= 0.6 is 0 Å². The molecule has 0 aliphatic carbocycles. The molecule has 1 aromatic heterocycles. The van der Waals surface area contributed by atoms with Gasteiger partial charge >= 0.3 is 6.09 Å². The van der Waals surface area contributed by atoms with Gasteiger partial charge in [0.15, 0.2) is 0 Å². The molecule has 0 saturated carbocycles. The number of hydrogen-bond donors (Lipinski definition) is 0. The Morgan fingerprint density at radius 1 is 1.12 bits per heavy atom. The Labute approximate surface area is 153 Å². The number of carbonyl (C=O) groups excluding carboxylic acids is 1. The first-order valence-electron chi connectivity index (χ1n) is 9.18. The molecule has 0 unspecified atom stereocenters. The lowest BCUT2D eigenvalue weighted by molar-refractivity contribution is 0.128. The van der Waals surface area contributed by atoms with Crippen molar-refractivity contribution in [1.82, 2.24) is 18.5 Å². The highest BCUT2D eigenvalue weighted by Crippen LogP contribution is 2.30. The third kappa shape index (κ3) is 3.30. The molecule has 9 heteroatoms. The summed E-state index contributed by atoms with van der Waals surface area (Å²) in [4.78, 5) is 18.1. The van der Waals surface area contributed by atoms with Crippen molar-refractivity contribution in [3.63, 3.8) is 0 Å². The van der Waals surface area contributed by atoms with Crippen LogP contribution < -0.4 is 0 Å². The van der Waals surface area contributed by atoms with E-state index < -0.39 is 10.2 Å². The maximum Gasteiger partial charge on any atom is 0.410 e. The third-order valence-corrected chi connectivity index (χ3v) is 7.36. The minimum atomic E-state index is -3.48. The lowest BCUT2D eigenvalue weighted by Gasteiger charge is -2.30. The van der Waals surface area contributed by atoms with Crippen LogP contribution in [-0.4, -0.2) is 77.9 Å². The topological polar surface area (TPSA) is 83.0 Å². The second kappa shape index (κ2) is 7.13. The van der Waals surface area contributed by atoms with Crippen molar-refractivity contribution in [2.75, 3.05) is 32.7 Å². The van der Waals surface area contributed by atoms with Gasteiger partial charge in [-0.25, -0.2) is 4.79 Å². The Morgan fingerprint density at radius 2 is 1.92 bits per heavy atom. The molecule has 0 N–H and O–H groups in total. The standard InChI is InChI=1S/C17H24N4O4S/c22-17-21(11-7-14-6-2-3-8-18-14)15-12-20(13-16(15)25-17)26(23,24)19-9-4-1-5-10-19/h2-3,6,8,15-16H,1,4-5,7,9-13H2/t15-,16+/m0/s1. The van der Waals surface area contributed by atoms with Crippen molar-refractivity contribution >= 4 is 16.3 Å². The second-order valence-corrected chi connectivity index (χ2v) is 8.97. The number of carbonyl (C=O) groups is 1. The van der Waals surface area contributed by atoms with Gasteiger partial charge in [0.2, 0.25) is 0 Å². The largest absolute Gasteiger partial charge is 0.442 e. The van der Waals surface area contributed by atoms with E-state index in [9.17, 15) is 13.2 Å². The van der Waals surface area contributed by atoms with E-state index in [0.29, 0.717) is 32.6 Å². The highest BCUT2D eigenvalue weighted by atomic mass is 32.2. The summed E-state index contributed by atoms with van der Waals surface area (Å²) in [7, 11) is -3.48. The van der Waals surface area contributed by atoms with Gasteiger partial charge in [-0.3, -0.25) is 9.88 Å². The molecule has 3 fully saturated rings. The van der Waals surface area contributed by atoms with E-state index in [4.69, 9.17) is 4.74 Å². The van der Waals surface area contributed by atoms with Crippen LogP contribution in [0.15, 0.2) is 24.4 Å². The summed E-state index contributed by atoms with van der Waals surface area (Å²) in [5.74, 6) is 0. The summed E-state index contributed by atoms with van der Waals surface area (Å²) in [6, 6.07) is 5.46. The van der Waals surface area contributed by atoms with Gasteiger partial charge in [0.1, 0.15) is 6.10 Å². The Hall–Kier alpha value is -1.71. The highest BCUT2D eigenvalue weighted by Gasteiger charge is 2.51. The molecule has 4 heterocycles. The number of aromatic nitrogens is 1. The number of ether oxygens (including phenoxy) is 1. The average molecular weight is 380 g/mol. The minimum absolute atomic E-state index is 0.217. The van der Waals surface area contributed by atoms with Crippen LogP contribution in [0.5, 0.6) is 0 Å². The Morgan fingerprint density at radius 3 is 2.65 bits per heavy atom. The molecule has 1 amide bonds. The molecule has 26 heavy (non-hydrogen) atoms. The van der Waals surface area contributed by atoms with Gasteiger partial charge in [0, 0.05) is 44.5 Å². The van der Waals surface area contributed by atoms with Crippen molar-refractivity contribution < 1.29 is 17.9 Å². The van der Waals surface area contributed by atoms with Crippen molar-refractivity contribution in [3.05, 3.63) is 30.1 Å². The van der Waals surface area contributed by atoms with Crippen LogP contribution in [0.4, 0.5) is 4.79 Å². The number of rotatable bonds is 5. The highest BCUT2D eigenvalue weighted by molar-refractivity contribution is 7.86. The molecule has 8 nitrogen and oxygen atoms in total. The maximum atomic E-state index is 12.9. The fourth-order valence-electron chi connectivity index (χ4n) is 3.96. The molecule has 3 aliphatic rings. The number of pyridine rings is 1. The predicted molar refractivity (Wildman–Crippen MR) is 94.6 cm³/mol. The molecular weight excluding hydrogens is 356 g/mol. The molecule has 3 aliphatic heterocycles. The summed E-state index contributed by atoms with van der Waals surface area (Å²) >= 11 is 0. The zero-order valence-corrected chi connectivity index (χ0v) is 15.5. The summed E-state index contributed by atoms with van der Waals surface area (Å²) < 4.78 is 34.2. The van der Waals surface area contributed by atoms with Crippen molar-refractivity contribution in [1.29, 1.82) is 0 Å². The molecule has 142 valence electrons. The molecule has 0 aromatic carbocycles. The first-order chi connectivity index (χ1) is 12.6. The van der Waals surface area contributed by atoms with Gasteiger partial charge in [0.25, 0.3) is 10.2 Å². The Kier molecular flexibility index (Phi) is 4.85. The average Bonchev–Trinajstić information content (AvgIpc) is 3.19. The zero-order chi connectivity index (χ0) is 18.1. The predicted octanol–water partition coefficient (Wildman–Crippen LogP) is 0.860. The molecule has 1 aromatic rings. The van der Waals surface area contributed by atoms with Crippen LogP contribution in [0.3, 0.4) is 0 Å². The first-order valence-corrected chi connectivity index (χ1v) is 10.6. The van der Waals surface area contributed by atoms with E-state index in [0.717, 1.165) is 25.0 Å². The van der Waals surface area contributed by atoms with E-state index >= 15 is 0 Å². The normalized spacial score (nSPS) is 27.5. The molecule has 0 spiro atoms. The van der Waals surface area contributed by atoms with Gasteiger partial charge in [-0.15, -0.1) is 0 Å². The van der Waals surface area contributed by atoms with Crippen LogP contribution in [0.25, 0.3) is 0 Å². The molecule has 2 atom stereocenters. The summed E-state index contributed by atoms with van der Waals surface area (Å²) in [5.41, 5.74) is 0.902. The number of fused-ring (bicyclic) bond motifs is 1. The SMILES string of the molecule is O=C1O[C@@H]2CN(S(=O)(=O)N3CCCCC3)C[C@@H]2N1CCc1ccccn1. The van der Waals surface area contributed by atoms with Crippen molar-refractivity contribution in [2.24, 2.45) is 0 Å². The quantitative estimate of drug-likeness (QED) is 0.757. The minimum Gasteiger partial charge on any atom is -0.442 e. The fraction of sp³-hybridized carbons (Fsp3) is 0.647. The molecule has 0 bridgehead atoms. The van der Waals surface area contributed by atoms with Crippen molar-refractivity contribution in [2.45, 2.75) is 37.8 Å². The van der Waals surface area contributed by atoms with E-state index in [2.05, 4.69) is 4.98 Å². The molecule has 4 rings (SSSR count). The van der Waals surface area contributed by atoms with Gasteiger partial charge in [-0.05, 0) is 25.0 Å². The molecular formula is C17H24N4O4S. The summed E-state index contributed by atoms with van der Waals surface area (Å²) in [6.07, 6.45) is 4.50. The lowest BCUT2D eigenvalue weighted by atomic mass is 10.2. The first kappa shape index (κ1) is 17.7. The van der Waals surface area contributed by atoms with Gasteiger partial charge in [0.05, 0.1) is 12.6 Å². The van der Waals surface area contributed by atoms with Crippen molar-refractivity contribution in [3.8, 4) is 0 Å². The second-order valence-electron chi connectivity index (χ2n) is 7.04.